The first-order chi connectivity index (χ1) is 8.52. The molecule has 1 atom stereocenters. The lowest BCUT2D eigenvalue weighted by Gasteiger charge is -2.39. The molecule has 1 saturated heterocycles. The largest absolute Gasteiger partial charge is 0.494 e. The normalized spacial score (nSPS) is 18.4. The maximum absolute atomic E-state index is 13.5. The van der Waals surface area contributed by atoms with Gasteiger partial charge in [0.25, 0.3) is 0 Å². The lowest BCUT2D eigenvalue weighted by molar-refractivity contribution is -0.155. The second kappa shape index (κ2) is 4.64. The monoisotopic (exact) mass is 253 g/mol. The quantitative estimate of drug-likeness (QED) is 0.818. The highest BCUT2D eigenvalue weighted by molar-refractivity contribution is 5.87. The van der Waals surface area contributed by atoms with Crippen molar-refractivity contribution < 1.29 is 23.8 Å². The fourth-order valence-electron chi connectivity index (χ4n) is 1.99. The highest BCUT2D eigenvalue weighted by Gasteiger charge is 2.38. The molecule has 1 unspecified atom stereocenters. The number of carbonyl (C=O) groups excluding carboxylic acids is 1. The Balaban J connectivity index is 2.19. The molecular formula is C12H12FNO4. The van der Waals surface area contributed by atoms with Crippen LogP contribution in [0.1, 0.15) is 18.0 Å². The number of carbonyl (C=O) groups is 2. The van der Waals surface area contributed by atoms with Crippen molar-refractivity contribution in [2.75, 3.05) is 13.7 Å². The van der Waals surface area contributed by atoms with Gasteiger partial charge < -0.3 is 14.7 Å². The number of ether oxygens (including phenoxy) is 1. The van der Waals surface area contributed by atoms with Crippen LogP contribution in [0.2, 0.25) is 0 Å². The Morgan fingerprint density at radius 1 is 1.61 bits per heavy atom. The number of carboxylic acid groups (broad SMARTS) is 1. The van der Waals surface area contributed by atoms with E-state index in [-0.39, 0.29) is 30.7 Å². The first-order valence-electron chi connectivity index (χ1n) is 5.37. The van der Waals surface area contributed by atoms with E-state index in [4.69, 9.17) is 9.84 Å². The van der Waals surface area contributed by atoms with Crippen molar-refractivity contribution in [2.24, 2.45) is 0 Å². The van der Waals surface area contributed by atoms with Crippen molar-refractivity contribution in [3.05, 3.63) is 29.6 Å². The molecule has 1 aliphatic heterocycles. The van der Waals surface area contributed by atoms with Gasteiger partial charge in [-0.25, -0.2) is 4.39 Å². The number of carboxylic acids is 1. The van der Waals surface area contributed by atoms with Gasteiger partial charge in [-0.3, -0.25) is 9.59 Å². The van der Waals surface area contributed by atoms with Crippen molar-refractivity contribution in [1.29, 1.82) is 0 Å². The van der Waals surface area contributed by atoms with Crippen LogP contribution in [-0.4, -0.2) is 35.5 Å². The molecule has 0 spiro atoms. The number of hydrogen-bond acceptors (Lipinski definition) is 3. The molecule has 1 aromatic rings. The maximum atomic E-state index is 13.5. The summed E-state index contributed by atoms with van der Waals surface area (Å²) < 4.78 is 18.3. The van der Waals surface area contributed by atoms with Crippen LogP contribution in [-0.2, 0) is 9.59 Å². The standard InChI is InChI=1S/C12H12FNO4/c1-18-10-3-2-7(4-8(10)13)9-5-11(15)14(9)6-12(16)17/h2-4,9H,5-6H2,1H3,(H,16,17). The average Bonchev–Trinajstić information content (AvgIpc) is 2.33. The lowest BCUT2D eigenvalue weighted by atomic mass is 9.93. The summed E-state index contributed by atoms with van der Waals surface area (Å²) >= 11 is 0. The summed E-state index contributed by atoms with van der Waals surface area (Å²) in [6.07, 6.45) is 0.207. The minimum atomic E-state index is -1.08. The van der Waals surface area contributed by atoms with Gasteiger partial charge in [0.15, 0.2) is 11.6 Å². The Morgan fingerprint density at radius 2 is 2.33 bits per heavy atom. The van der Waals surface area contributed by atoms with E-state index < -0.39 is 11.8 Å². The molecule has 1 fully saturated rings. The number of hydrogen-bond donors (Lipinski definition) is 1. The number of amides is 1. The fourth-order valence-corrected chi connectivity index (χ4v) is 1.99. The topological polar surface area (TPSA) is 66.8 Å². The number of benzene rings is 1. The predicted molar refractivity (Wildman–Crippen MR) is 59.7 cm³/mol. The SMILES string of the molecule is COc1ccc(C2CC(=O)N2CC(=O)O)cc1F. The van der Waals surface area contributed by atoms with Crippen LogP contribution in [0.25, 0.3) is 0 Å². The van der Waals surface area contributed by atoms with Crippen LogP contribution in [0.5, 0.6) is 5.75 Å². The molecule has 6 heteroatoms. The van der Waals surface area contributed by atoms with E-state index in [1.165, 1.54) is 24.1 Å². The second-order valence-corrected chi connectivity index (χ2v) is 4.03. The Labute approximate surface area is 103 Å². The molecule has 5 nitrogen and oxygen atoms in total. The first-order valence-corrected chi connectivity index (χ1v) is 5.37. The maximum Gasteiger partial charge on any atom is 0.323 e. The fraction of sp³-hybridized carbons (Fsp3) is 0.333. The first kappa shape index (κ1) is 12.3. The van der Waals surface area contributed by atoms with Gasteiger partial charge >= 0.3 is 5.97 Å². The lowest BCUT2D eigenvalue weighted by Crippen LogP contribution is -2.48. The molecule has 0 aromatic heterocycles. The summed E-state index contributed by atoms with van der Waals surface area (Å²) in [5, 5.41) is 8.68. The number of methoxy groups -OCH3 is 1. The molecule has 0 saturated carbocycles. The molecule has 1 N–H and O–H groups in total. The smallest absolute Gasteiger partial charge is 0.323 e. The van der Waals surface area contributed by atoms with Gasteiger partial charge in [-0.2, -0.15) is 0 Å². The zero-order chi connectivity index (χ0) is 13.3. The Morgan fingerprint density at radius 3 is 2.83 bits per heavy atom. The molecule has 0 radical (unpaired) electrons. The van der Waals surface area contributed by atoms with Crippen LogP contribution in [0.4, 0.5) is 4.39 Å². The molecule has 1 heterocycles. The Kier molecular flexibility index (Phi) is 3.18. The molecule has 2 rings (SSSR count). The van der Waals surface area contributed by atoms with E-state index in [1.54, 1.807) is 6.07 Å². The van der Waals surface area contributed by atoms with Crippen molar-refractivity contribution >= 4 is 11.9 Å². The molecule has 1 aromatic carbocycles. The predicted octanol–water partition coefficient (Wildman–Crippen LogP) is 1.19. The minimum absolute atomic E-state index is 0.120. The molecule has 1 aliphatic rings. The molecule has 1 amide bonds. The molecule has 0 bridgehead atoms. The van der Waals surface area contributed by atoms with Crippen molar-refractivity contribution in [1.82, 2.24) is 4.90 Å². The molecule has 18 heavy (non-hydrogen) atoms. The van der Waals surface area contributed by atoms with Gasteiger partial charge in [-0.15, -0.1) is 0 Å². The third-order valence-electron chi connectivity index (χ3n) is 2.93. The van der Waals surface area contributed by atoms with Crippen LogP contribution < -0.4 is 4.74 Å². The highest BCUT2D eigenvalue weighted by atomic mass is 19.1. The average molecular weight is 253 g/mol. The zero-order valence-electron chi connectivity index (χ0n) is 9.72. The number of halogens is 1. The van der Waals surface area contributed by atoms with Crippen molar-refractivity contribution in [3.63, 3.8) is 0 Å². The van der Waals surface area contributed by atoms with Crippen LogP contribution in [0.3, 0.4) is 0 Å². The van der Waals surface area contributed by atoms with Crippen molar-refractivity contribution in [3.8, 4) is 5.75 Å². The number of likely N-dealkylation sites (tertiary alicyclic amines) is 1. The minimum Gasteiger partial charge on any atom is -0.494 e. The molecular weight excluding hydrogens is 241 g/mol. The van der Waals surface area contributed by atoms with Crippen LogP contribution >= 0.6 is 0 Å². The highest BCUT2D eigenvalue weighted by Crippen LogP contribution is 2.35. The number of aliphatic carboxylic acids is 1. The number of β-lactam (4-membered cyclic amide) rings is 1. The van der Waals surface area contributed by atoms with E-state index in [2.05, 4.69) is 0 Å². The van der Waals surface area contributed by atoms with Crippen molar-refractivity contribution in [2.45, 2.75) is 12.5 Å². The van der Waals surface area contributed by atoms with Crippen LogP contribution in [0.15, 0.2) is 18.2 Å². The zero-order valence-corrected chi connectivity index (χ0v) is 9.72. The summed E-state index contributed by atoms with van der Waals surface area (Å²) in [6, 6.07) is 4.00. The van der Waals surface area contributed by atoms with Gasteiger partial charge in [0, 0.05) is 0 Å². The second-order valence-electron chi connectivity index (χ2n) is 4.03. The third-order valence-corrected chi connectivity index (χ3v) is 2.93. The van der Waals surface area contributed by atoms with E-state index in [0.29, 0.717) is 5.56 Å². The molecule has 96 valence electrons. The van der Waals surface area contributed by atoms with Gasteiger partial charge in [0.05, 0.1) is 19.6 Å². The Hall–Kier alpha value is -2.11. The summed E-state index contributed by atoms with van der Waals surface area (Å²) in [7, 11) is 1.36. The van der Waals surface area contributed by atoms with Crippen LogP contribution in [0, 0.1) is 5.82 Å². The van der Waals surface area contributed by atoms with E-state index >= 15 is 0 Å². The summed E-state index contributed by atoms with van der Waals surface area (Å²) in [5.41, 5.74) is 0.578. The van der Waals surface area contributed by atoms with Gasteiger partial charge in [-0.05, 0) is 17.7 Å². The van der Waals surface area contributed by atoms with Gasteiger partial charge in [0.1, 0.15) is 6.54 Å². The van der Waals surface area contributed by atoms with Gasteiger partial charge in [-0.1, -0.05) is 6.07 Å². The number of rotatable bonds is 4. The van der Waals surface area contributed by atoms with Gasteiger partial charge in [0.2, 0.25) is 5.91 Å². The molecule has 0 aliphatic carbocycles. The van der Waals surface area contributed by atoms with E-state index in [9.17, 15) is 14.0 Å². The van der Waals surface area contributed by atoms with E-state index in [0.717, 1.165) is 0 Å². The number of nitrogens with zero attached hydrogens (tertiary/aromatic N) is 1. The summed E-state index contributed by atoms with van der Waals surface area (Å²) in [5.74, 6) is -1.72. The Bertz CT molecular complexity index is 503. The van der Waals surface area contributed by atoms with E-state index in [1.807, 2.05) is 0 Å². The summed E-state index contributed by atoms with van der Waals surface area (Å²) in [6.45, 7) is -0.364. The third kappa shape index (κ3) is 2.13. The summed E-state index contributed by atoms with van der Waals surface area (Å²) in [4.78, 5) is 23.1.